The molecule has 2 aromatic rings. The summed E-state index contributed by atoms with van der Waals surface area (Å²) >= 11 is 1.59. The molecule has 0 radical (unpaired) electrons. The lowest BCUT2D eigenvalue weighted by Gasteiger charge is -2.35. The fourth-order valence-corrected chi connectivity index (χ4v) is 3.39. The first-order valence-electron chi connectivity index (χ1n) is 6.21. The largest absolute Gasteiger partial charge is 0.351 e. The molecule has 0 bridgehead atoms. The standard InChI is InChI=1S/C13H17N3S/c14-9-10-5-3-4-8-16(10)13-11-6-1-2-7-12(11)17-15-13/h1-2,6-7,10H,3-5,8-9,14H2/t10-/m0/s1. The summed E-state index contributed by atoms with van der Waals surface area (Å²) < 4.78 is 5.90. The fourth-order valence-electron chi connectivity index (χ4n) is 2.60. The maximum Gasteiger partial charge on any atom is 0.150 e. The first kappa shape index (κ1) is 11.0. The Morgan fingerprint density at radius 2 is 2.24 bits per heavy atom. The molecule has 0 unspecified atom stereocenters. The molecule has 0 saturated carbocycles. The van der Waals surface area contributed by atoms with Gasteiger partial charge in [0.2, 0.25) is 0 Å². The topological polar surface area (TPSA) is 42.1 Å². The summed E-state index contributed by atoms with van der Waals surface area (Å²) in [6.07, 6.45) is 3.74. The zero-order valence-electron chi connectivity index (χ0n) is 9.80. The Hall–Kier alpha value is -1.13. The number of hydrogen-bond donors (Lipinski definition) is 1. The molecule has 2 heterocycles. The average molecular weight is 247 g/mol. The molecule has 0 amide bonds. The molecule has 4 heteroatoms. The Morgan fingerprint density at radius 1 is 1.35 bits per heavy atom. The molecule has 1 aliphatic rings. The maximum absolute atomic E-state index is 5.88. The zero-order valence-corrected chi connectivity index (χ0v) is 10.6. The van der Waals surface area contributed by atoms with Gasteiger partial charge in [0.05, 0.1) is 4.70 Å². The fraction of sp³-hybridized carbons (Fsp3) is 0.462. The average Bonchev–Trinajstić information content (AvgIpc) is 2.82. The molecule has 1 atom stereocenters. The quantitative estimate of drug-likeness (QED) is 0.887. The van der Waals surface area contributed by atoms with Crippen LogP contribution in [-0.2, 0) is 0 Å². The molecule has 3 nitrogen and oxygen atoms in total. The number of benzene rings is 1. The third-order valence-electron chi connectivity index (χ3n) is 3.53. The summed E-state index contributed by atoms with van der Waals surface area (Å²) in [5.41, 5.74) is 5.88. The number of nitrogens with two attached hydrogens (primary N) is 1. The van der Waals surface area contributed by atoms with Crippen molar-refractivity contribution in [3.8, 4) is 0 Å². The molecule has 1 fully saturated rings. The number of piperidine rings is 1. The molecular formula is C13H17N3S. The minimum atomic E-state index is 0.467. The molecule has 0 spiro atoms. The SMILES string of the molecule is NC[C@@H]1CCCCN1c1nsc2ccccc12. The molecule has 1 aromatic carbocycles. The number of anilines is 1. The summed E-state index contributed by atoms with van der Waals surface area (Å²) in [5.74, 6) is 1.14. The van der Waals surface area contributed by atoms with Crippen molar-refractivity contribution in [3.05, 3.63) is 24.3 Å². The molecule has 1 aromatic heterocycles. The van der Waals surface area contributed by atoms with E-state index in [2.05, 4.69) is 33.5 Å². The van der Waals surface area contributed by atoms with Crippen molar-refractivity contribution < 1.29 is 0 Å². The molecule has 1 saturated heterocycles. The number of rotatable bonds is 2. The second-order valence-electron chi connectivity index (χ2n) is 4.58. The number of fused-ring (bicyclic) bond motifs is 1. The lowest BCUT2D eigenvalue weighted by atomic mass is 10.0. The van der Waals surface area contributed by atoms with E-state index in [1.54, 1.807) is 11.5 Å². The monoisotopic (exact) mass is 247 g/mol. The van der Waals surface area contributed by atoms with Gasteiger partial charge in [-0.3, -0.25) is 0 Å². The molecule has 1 aliphatic heterocycles. The van der Waals surface area contributed by atoms with E-state index in [-0.39, 0.29) is 0 Å². The van der Waals surface area contributed by atoms with Crippen LogP contribution in [0.15, 0.2) is 24.3 Å². The highest BCUT2D eigenvalue weighted by Gasteiger charge is 2.24. The van der Waals surface area contributed by atoms with Crippen LogP contribution in [0.3, 0.4) is 0 Å². The van der Waals surface area contributed by atoms with Gasteiger partial charge in [0, 0.05) is 24.5 Å². The van der Waals surface area contributed by atoms with Gasteiger partial charge in [0.15, 0.2) is 0 Å². The number of nitrogens with zero attached hydrogens (tertiary/aromatic N) is 2. The van der Waals surface area contributed by atoms with Crippen molar-refractivity contribution in [1.29, 1.82) is 0 Å². The van der Waals surface area contributed by atoms with Gasteiger partial charge in [-0.15, -0.1) is 0 Å². The van der Waals surface area contributed by atoms with Crippen LogP contribution < -0.4 is 10.6 Å². The smallest absolute Gasteiger partial charge is 0.150 e. The predicted molar refractivity (Wildman–Crippen MR) is 73.7 cm³/mol. The van der Waals surface area contributed by atoms with Crippen LogP contribution in [0.5, 0.6) is 0 Å². The molecule has 90 valence electrons. The van der Waals surface area contributed by atoms with Crippen LogP contribution in [0.2, 0.25) is 0 Å². The first-order valence-corrected chi connectivity index (χ1v) is 6.98. The van der Waals surface area contributed by atoms with Gasteiger partial charge in [-0.1, -0.05) is 12.1 Å². The third kappa shape index (κ3) is 1.91. The van der Waals surface area contributed by atoms with Gasteiger partial charge >= 0.3 is 0 Å². The Labute approximate surface area is 105 Å². The lowest BCUT2D eigenvalue weighted by Crippen LogP contribution is -2.44. The van der Waals surface area contributed by atoms with Crippen LogP contribution in [0.4, 0.5) is 5.82 Å². The summed E-state index contributed by atoms with van der Waals surface area (Å²) in [5, 5.41) is 1.28. The van der Waals surface area contributed by atoms with E-state index < -0.39 is 0 Å². The molecule has 2 N–H and O–H groups in total. The van der Waals surface area contributed by atoms with Gasteiger partial charge < -0.3 is 10.6 Å². The highest BCUT2D eigenvalue weighted by atomic mass is 32.1. The summed E-state index contributed by atoms with van der Waals surface area (Å²) in [6, 6.07) is 8.92. The van der Waals surface area contributed by atoms with Crippen molar-refractivity contribution in [2.24, 2.45) is 5.73 Å². The van der Waals surface area contributed by atoms with Crippen LogP contribution in [0.1, 0.15) is 19.3 Å². The lowest BCUT2D eigenvalue weighted by molar-refractivity contribution is 0.464. The van der Waals surface area contributed by atoms with E-state index in [0.29, 0.717) is 6.04 Å². The van der Waals surface area contributed by atoms with E-state index in [0.717, 1.165) is 18.9 Å². The van der Waals surface area contributed by atoms with Crippen molar-refractivity contribution in [1.82, 2.24) is 4.37 Å². The van der Waals surface area contributed by atoms with E-state index >= 15 is 0 Å². The highest BCUT2D eigenvalue weighted by Crippen LogP contribution is 2.32. The van der Waals surface area contributed by atoms with Crippen molar-refractivity contribution in [2.75, 3.05) is 18.0 Å². The Bertz CT molecular complexity index is 508. The third-order valence-corrected chi connectivity index (χ3v) is 4.35. The molecule has 0 aliphatic carbocycles. The Balaban J connectivity index is 2.01. The maximum atomic E-state index is 5.88. The highest BCUT2D eigenvalue weighted by molar-refractivity contribution is 7.13. The zero-order chi connectivity index (χ0) is 11.7. The van der Waals surface area contributed by atoms with Crippen molar-refractivity contribution in [2.45, 2.75) is 25.3 Å². The van der Waals surface area contributed by atoms with E-state index in [1.807, 2.05) is 0 Å². The molecular weight excluding hydrogens is 230 g/mol. The van der Waals surface area contributed by atoms with Crippen LogP contribution in [-0.4, -0.2) is 23.5 Å². The Morgan fingerprint density at radius 3 is 3.12 bits per heavy atom. The van der Waals surface area contributed by atoms with Gasteiger partial charge in [0.25, 0.3) is 0 Å². The normalized spacial score (nSPS) is 21.0. The number of hydrogen-bond acceptors (Lipinski definition) is 4. The van der Waals surface area contributed by atoms with E-state index in [4.69, 9.17) is 5.73 Å². The summed E-state index contributed by atoms with van der Waals surface area (Å²) in [7, 11) is 0. The van der Waals surface area contributed by atoms with Crippen LogP contribution >= 0.6 is 11.5 Å². The van der Waals surface area contributed by atoms with Gasteiger partial charge in [0.1, 0.15) is 5.82 Å². The molecule has 17 heavy (non-hydrogen) atoms. The molecule has 3 rings (SSSR count). The Kier molecular flexibility index (Phi) is 2.99. The van der Waals surface area contributed by atoms with Gasteiger partial charge in [-0.05, 0) is 42.9 Å². The minimum Gasteiger partial charge on any atom is -0.351 e. The minimum absolute atomic E-state index is 0.467. The second kappa shape index (κ2) is 4.63. The summed E-state index contributed by atoms with van der Waals surface area (Å²) in [4.78, 5) is 2.41. The van der Waals surface area contributed by atoms with Crippen LogP contribution in [0.25, 0.3) is 10.1 Å². The van der Waals surface area contributed by atoms with Crippen molar-refractivity contribution in [3.63, 3.8) is 0 Å². The van der Waals surface area contributed by atoms with Crippen molar-refractivity contribution >= 4 is 27.4 Å². The first-order chi connectivity index (χ1) is 8.40. The van der Waals surface area contributed by atoms with E-state index in [9.17, 15) is 0 Å². The number of aromatic nitrogens is 1. The van der Waals surface area contributed by atoms with Gasteiger partial charge in [-0.25, -0.2) is 0 Å². The summed E-state index contributed by atoms with van der Waals surface area (Å²) in [6.45, 7) is 1.82. The second-order valence-corrected chi connectivity index (χ2v) is 5.39. The van der Waals surface area contributed by atoms with Crippen LogP contribution in [0, 0.1) is 0 Å². The van der Waals surface area contributed by atoms with E-state index in [1.165, 1.54) is 29.3 Å². The predicted octanol–water partition coefficient (Wildman–Crippen LogP) is 2.61. The van der Waals surface area contributed by atoms with Gasteiger partial charge in [-0.2, -0.15) is 4.37 Å².